The Hall–Kier alpha value is -3.41. The third-order valence-electron chi connectivity index (χ3n) is 5.21. The van der Waals surface area contributed by atoms with Crippen molar-refractivity contribution >= 4 is 28.9 Å². The monoisotopic (exact) mass is 401 g/mol. The molecule has 0 spiro atoms. The van der Waals surface area contributed by atoms with Gasteiger partial charge >= 0.3 is 0 Å². The van der Waals surface area contributed by atoms with Crippen LogP contribution in [0, 0.1) is 13.8 Å². The summed E-state index contributed by atoms with van der Waals surface area (Å²) >= 11 is 0. The largest absolute Gasteiger partial charge is 0.372 e. The number of hydrogen-bond acceptors (Lipinski definition) is 5. The summed E-state index contributed by atoms with van der Waals surface area (Å²) in [5.41, 5.74) is 5.14. The highest BCUT2D eigenvalue weighted by Gasteiger charge is 2.12. The lowest BCUT2D eigenvalue weighted by atomic mass is 10.1. The van der Waals surface area contributed by atoms with E-state index < -0.39 is 0 Å². The van der Waals surface area contributed by atoms with Crippen LogP contribution in [0.4, 0.5) is 23.0 Å². The first kappa shape index (κ1) is 19.9. The van der Waals surface area contributed by atoms with E-state index >= 15 is 0 Å². The summed E-state index contributed by atoms with van der Waals surface area (Å²) < 4.78 is 0. The molecule has 1 aromatic heterocycles. The van der Waals surface area contributed by atoms with Crippen molar-refractivity contribution in [1.82, 2.24) is 9.97 Å². The summed E-state index contributed by atoms with van der Waals surface area (Å²) in [6.45, 7) is 6.08. The zero-order chi connectivity index (χ0) is 20.9. The molecule has 0 atom stereocenters. The summed E-state index contributed by atoms with van der Waals surface area (Å²) in [5, 5.41) is 6.16. The smallest absolute Gasteiger partial charge is 0.255 e. The fourth-order valence-electron chi connectivity index (χ4n) is 3.76. The second-order valence-electron chi connectivity index (χ2n) is 7.73. The van der Waals surface area contributed by atoms with E-state index in [0.717, 1.165) is 35.9 Å². The molecular formula is C24H27N5O. The molecule has 3 aromatic rings. The maximum absolute atomic E-state index is 12.7. The zero-order valence-electron chi connectivity index (χ0n) is 17.5. The summed E-state index contributed by atoms with van der Waals surface area (Å²) in [6, 6.07) is 17.4. The number of amides is 1. The van der Waals surface area contributed by atoms with Crippen molar-refractivity contribution in [3.05, 3.63) is 71.5 Å². The maximum atomic E-state index is 12.7. The Balaban J connectivity index is 1.42. The number of nitrogens with zero attached hydrogens (tertiary/aromatic N) is 3. The van der Waals surface area contributed by atoms with Crippen molar-refractivity contribution in [3.63, 3.8) is 0 Å². The van der Waals surface area contributed by atoms with Gasteiger partial charge < -0.3 is 15.5 Å². The minimum absolute atomic E-state index is 0.147. The Morgan fingerprint density at radius 2 is 1.57 bits per heavy atom. The minimum Gasteiger partial charge on any atom is -0.372 e. The van der Waals surface area contributed by atoms with Crippen LogP contribution in [0.5, 0.6) is 0 Å². The molecule has 2 heterocycles. The third-order valence-corrected chi connectivity index (χ3v) is 5.21. The standard InChI is InChI=1S/C24H27N5O/c1-17-15-18(2)26-24(25-17)28-21-8-6-7-19(16-21)23(30)27-20-9-11-22(12-10-20)29-13-4-3-5-14-29/h6-12,15-16H,3-5,13-14H2,1-2H3,(H,27,30)(H,25,26,28). The Morgan fingerprint density at radius 1 is 0.867 bits per heavy atom. The highest BCUT2D eigenvalue weighted by Crippen LogP contribution is 2.22. The number of anilines is 4. The molecule has 0 aliphatic carbocycles. The van der Waals surface area contributed by atoms with Gasteiger partial charge in [-0.3, -0.25) is 4.79 Å². The maximum Gasteiger partial charge on any atom is 0.255 e. The topological polar surface area (TPSA) is 70.2 Å². The number of carbonyl (C=O) groups is 1. The fraction of sp³-hybridized carbons (Fsp3) is 0.292. The molecule has 2 aromatic carbocycles. The van der Waals surface area contributed by atoms with Crippen molar-refractivity contribution in [2.24, 2.45) is 0 Å². The number of hydrogen-bond donors (Lipinski definition) is 2. The van der Waals surface area contributed by atoms with Crippen LogP contribution < -0.4 is 15.5 Å². The van der Waals surface area contributed by atoms with Gasteiger partial charge in [0, 0.05) is 47.1 Å². The Kier molecular flexibility index (Phi) is 5.93. The van der Waals surface area contributed by atoms with Crippen molar-refractivity contribution in [1.29, 1.82) is 0 Å². The number of aromatic nitrogens is 2. The molecule has 0 unspecified atom stereocenters. The van der Waals surface area contributed by atoms with Crippen LogP contribution in [-0.2, 0) is 0 Å². The van der Waals surface area contributed by atoms with Crippen LogP contribution in [0.3, 0.4) is 0 Å². The lowest BCUT2D eigenvalue weighted by Gasteiger charge is -2.28. The molecule has 1 amide bonds. The van der Waals surface area contributed by atoms with E-state index in [-0.39, 0.29) is 5.91 Å². The van der Waals surface area contributed by atoms with Gasteiger partial charge in [0.25, 0.3) is 5.91 Å². The van der Waals surface area contributed by atoms with E-state index in [1.165, 1.54) is 24.9 Å². The quantitative estimate of drug-likeness (QED) is 0.624. The number of nitrogens with one attached hydrogen (secondary N) is 2. The molecule has 154 valence electrons. The van der Waals surface area contributed by atoms with Gasteiger partial charge in [-0.15, -0.1) is 0 Å². The molecule has 6 nitrogen and oxygen atoms in total. The van der Waals surface area contributed by atoms with Crippen LogP contribution in [-0.4, -0.2) is 29.0 Å². The fourth-order valence-corrected chi connectivity index (χ4v) is 3.76. The normalized spacial score (nSPS) is 13.7. The average Bonchev–Trinajstić information content (AvgIpc) is 2.74. The van der Waals surface area contributed by atoms with Crippen molar-refractivity contribution in [2.45, 2.75) is 33.1 Å². The number of benzene rings is 2. The second-order valence-corrected chi connectivity index (χ2v) is 7.73. The first-order valence-electron chi connectivity index (χ1n) is 10.4. The molecule has 2 N–H and O–H groups in total. The van der Waals surface area contributed by atoms with Gasteiger partial charge in [0.2, 0.25) is 5.95 Å². The summed E-state index contributed by atoms with van der Waals surface area (Å²) in [4.78, 5) is 23.9. The molecule has 0 saturated carbocycles. The van der Waals surface area contributed by atoms with Gasteiger partial charge in [-0.1, -0.05) is 6.07 Å². The second kappa shape index (κ2) is 8.95. The lowest BCUT2D eigenvalue weighted by Crippen LogP contribution is -2.29. The number of carbonyl (C=O) groups excluding carboxylic acids is 1. The molecule has 1 saturated heterocycles. The predicted molar refractivity (Wildman–Crippen MR) is 122 cm³/mol. The molecule has 1 fully saturated rings. The van der Waals surface area contributed by atoms with Crippen LogP contribution in [0.1, 0.15) is 41.0 Å². The molecule has 6 heteroatoms. The first-order chi connectivity index (χ1) is 14.6. The van der Waals surface area contributed by atoms with Gasteiger partial charge in [0.15, 0.2) is 0 Å². The average molecular weight is 402 g/mol. The molecule has 0 bridgehead atoms. The highest BCUT2D eigenvalue weighted by molar-refractivity contribution is 6.04. The van der Waals surface area contributed by atoms with E-state index in [0.29, 0.717) is 11.5 Å². The number of piperidine rings is 1. The van der Waals surface area contributed by atoms with Gasteiger partial charge in [0.05, 0.1) is 0 Å². The molecular weight excluding hydrogens is 374 g/mol. The van der Waals surface area contributed by atoms with Gasteiger partial charge in [-0.2, -0.15) is 0 Å². The summed E-state index contributed by atoms with van der Waals surface area (Å²) in [5.74, 6) is 0.379. The van der Waals surface area contributed by atoms with Gasteiger partial charge in [-0.05, 0) is 81.6 Å². The van der Waals surface area contributed by atoms with E-state index in [4.69, 9.17) is 0 Å². The summed E-state index contributed by atoms with van der Waals surface area (Å²) in [7, 11) is 0. The molecule has 1 aliphatic rings. The molecule has 0 radical (unpaired) electrons. The van der Waals surface area contributed by atoms with Gasteiger partial charge in [-0.25, -0.2) is 9.97 Å². The van der Waals surface area contributed by atoms with Crippen LogP contribution >= 0.6 is 0 Å². The van der Waals surface area contributed by atoms with Crippen LogP contribution in [0.2, 0.25) is 0 Å². The van der Waals surface area contributed by atoms with Crippen LogP contribution in [0.15, 0.2) is 54.6 Å². The molecule has 30 heavy (non-hydrogen) atoms. The SMILES string of the molecule is Cc1cc(C)nc(Nc2cccc(C(=O)Nc3ccc(N4CCCCC4)cc3)c2)n1. The Bertz CT molecular complexity index is 1010. The zero-order valence-corrected chi connectivity index (χ0v) is 17.5. The Labute approximate surface area is 177 Å². The van der Waals surface area contributed by atoms with E-state index in [2.05, 4.69) is 37.6 Å². The third kappa shape index (κ3) is 4.95. The van der Waals surface area contributed by atoms with Crippen molar-refractivity contribution in [3.8, 4) is 0 Å². The van der Waals surface area contributed by atoms with E-state index in [1.807, 2.05) is 44.2 Å². The van der Waals surface area contributed by atoms with Gasteiger partial charge in [0.1, 0.15) is 0 Å². The first-order valence-corrected chi connectivity index (χ1v) is 10.4. The molecule has 1 aliphatic heterocycles. The summed E-state index contributed by atoms with van der Waals surface area (Å²) in [6.07, 6.45) is 3.81. The highest BCUT2D eigenvalue weighted by atomic mass is 16.1. The van der Waals surface area contributed by atoms with Crippen molar-refractivity contribution in [2.75, 3.05) is 28.6 Å². The van der Waals surface area contributed by atoms with Crippen LogP contribution in [0.25, 0.3) is 0 Å². The number of rotatable bonds is 5. The van der Waals surface area contributed by atoms with Crippen molar-refractivity contribution < 1.29 is 4.79 Å². The minimum atomic E-state index is -0.147. The van der Waals surface area contributed by atoms with E-state index in [1.54, 1.807) is 12.1 Å². The lowest BCUT2D eigenvalue weighted by molar-refractivity contribution is 0.102. The predicted octanol–water partition coefficient (Wildman–Crippen LogP) is 5.08. The van der Waals surface area contributed by atoms with E-state index in [9.17, 15) is 4.79 Å². The Morgan fingerprint density at radius 3 is 2.27 bits per heavy atom. The number of aryl methyl sites for hydroxylation is 2. The molecule has 4 rings (SSSR count).